The summed E-state index contributed by atoms with van der Waals surface area (Å²) in [6.45, 7) is 4.07. The topological polar surface area (TPSA) is 122 Å². The third kappa shape index (κ3) is 4.76. The van der Waals surface area contributed by atoms with Crippen LogP contribution in [0.4, 0.5) is 5.69 Å². The third-order valence-electron chi connectivity index (χ3n) is 2.24. The summed E-state index contributed by atoms with van der Waals surface area (Å²) in [5.74, 6) is -0.0366. The number of ether oxygens (including phenoxy) is 2. The Morgan fingerprint density at radius 1 is 1.35 bits per heavy atom. The quantitative estimate of drug-likeness (QED) is 0.456. The smallest absolute Gasteiger partial charge is 0.271 e. The Morgan fingerprint density at radius 2 is 2.00 bits per heavy atom. The Labute approximate surface area is 116 Å². The second kappa shape index (κ2) is 6.64. The Morgan fingerprint density at radius 3 is 2.50 bits per heavy atom. The van der Waals surface area contributed by atoms with Crippen molar-refractivity contribution in [2.24, 2.45) is 5.14 Å². The van der Waals surface area contributed by atoms with E-state index in [1.165, 1.54) is 6.07 Å². The van der Waals surface area contributed by atoms with Crippen molar-refractivity contribution in [1.29, 1.82) is 0 Å². The lowest BCUT2D eigenvalue weighted by atomic mass is 10.3. The second-order valence-corrected chi connectivity index (χ2v) is 5.73. The van der Waals surface area contributed by atoms with Crippen LogP contribution < -0.4 is 9.88 Å². The molecule has 0 radical (unpaired) electrons. The molecule has 1 aromatic rings. The van der Waals surface area contributed by atoms with E-state index in [4.69, 9.17) is 14.6 Å². The summed E-state index contributed by atoms with van der Waals surface area (Å²) in [6.07, 6.45) is 0.0215. The Bertz CT molecular complexity index is 585. The molecule has 0 fully saturated rings. The van der Waals surface area contributed by atoms with Crippen molar-refractivity contribution in [2.75, 3.05) is 13.2 Å². The molecule has 1 rings (SSSR count). The van der Waals surface area contributed by atoms with Crippen LogP contribution in [-0.2, 0) is 14.8 Å². The van der Waals surface area contributed by atoms with Crippen LogP contribution >= 0.6 is 0 Å². The molecule has 0 spiro atoms. The molecule has 2 N–H and O–H groups in total. The first-order valence-corrected chi connectivity index (χ1v) is 7.32. The number of nitrogens with two attached hydrogens (primary N) is 1. The van der Waals surface area contributed by atoms with Gasteiger partial charge < -0.3 is 9.47 Å². The summed E-state index contributed by atoms with van der Waals surface area (Å²) in [6, 6.07) is 3.22. The number of nitrogens with zero attached hydrogens (tertiary/aromatic N) is 1. The lowest BCUT2D eigenvalue weighted by Crippen LogP contribution is -2.16. The van der Waals surface area contributed by atoms with Crippen LogP contribution in [0, 0.1) is 10.1 Å². The predicted molar refractivity (Wildman–Crippen MR) is 71.1 cm³/mol. The summed E-state index contributed by atoms with van der Waals surface area (Å²) in [5.41, 5.74) is -0.375. The number of rotatable bonds is 7. The van der Waals surface area contributed by atoms with E-state index in [0.717, 1.165) is 12.1 Å². The summed E-state index contributed by atoms with van der Waals surface area (Å²) in [4.78, 5) is 9.51. The van der Waals surface area contributed by atoms with E-state index in [2.05, 4.69) is 0 Å². The zero-order valence-electron chi connectivity index (χ0n) is 11.1. The maximum absolute atomic E-state index is 11.4. The van der Waals surface area contributed by atoms with Crippen molar-refractivity contribution in [3.63, 3.8) is 0 Å². The van der Waals surface area contributed by atoms with Crippen LogP contribution in [0.25, 0.3) is 0 Å². The molecule has 112 valence electrons. The number of primary sulfonamides is 1. The van der Waals surface area contributed by atoms with Gasteiger partial charge in [0.1, 0.15) is 17.3 Å². The Hall–Kier alpha value is -1.71. The van der Waals surface area contributed by atoms with Crippen LogP contribution in [0.2, 0.25) is 0 Å². The minimum atomic E-state index is -4.11. The summed E-state index contributed by atoms with van der Waals surface area (Å²) < 4.78 is 33.3. The summed E-state index contributed by atoms with van der Waals surface area (Å²) >= 11 is 0. The highest BCUT2D eigenvalue weighted by Gasteiger charge is 2.20. The zero-order valence-corrected chi connectivity index (χ0v) is 11.9. The van der Waals surface area contributed by atoms with Crippen molar-refractivity contribution in [3.05, 3.63) is 28.3 Å². The van der Waals surface area contributed by atoms with Crippen LogP contribution in [0.15, 0.2) is 23.1 Å². The Kier molecular flexibility index (Phi) is 5.43. The van der Waals surface area contributed by atoms with E-state index in [1.54, 1.807) is 0 Å². The number of hydrogen-bond acceptors (Lipinski definition) is 6. The fourth-order valence-electron chi connectivity index (χ4n) is 1.39. The number of nitro groups is 1. The fraction of sp³-hybridized carbons (Fsp3) is 0.455. The van der Waals surface area contributed by atoms with Gasteiger partial charge in [-0.15, -0.1) is 0 Å². The molecule has 0 atom stereocenters. The molecule has 0 saturated carbocycles. The van der Waals surface area contributed by atoms with E-state index in [0.29, 0.717) is 0 Å². The first-order chi connectivity index (χ1) is 9.21. The molecule has 0 heterocycles. The van der Waals surface area contributed by atoms with Crippen molar-refractivity contribution < 1.29 is 22.8 Å². The van der Waals surface area contributed by atoms with Crippen molar-refractivity contribution >= 4 is 15.7 Å². The van der Waals surface area contributed by atoms with Crippen LogP contribution in [0.3, 0.4) is 0 Å². The maximum Gasteiger partial charge on any atom is 0.271 e. The second-order valence-electron chi connectivity index (χ2n) is 4.20. The number of sulfonamides is 1. The van der Waals surface area contributed by atoms with E-state index in [1.807, 2.05) is 13.8 Å². The van der Waals surface area contributed by atoms with E-state index < -0.39 is 19.8 Å². The molecule has 0 amide bonds. The lowest BCUT2D eigenvalue weighted by molar-refractivity contribution is -0.385. The highest BCUT2D eigenvalue weighted by Crippen LogP contribution is 2.27. The van der Waals surface area contributed by atoms with Gasteiger partial charge in [-0.25, -0.2) is 13.6 Å². The maximum atomic E-state index is 11.4. The van der Waals surface area contributed by atoms with Gasteiger partial charge in [0.2, 0.25) is 10.0 Å². The van der Waals surface area contributed by atoms with Gasteiger partial charge in [-0.1, -0.05) is 0 Å². The third-order valence-corrected chi connectivity index (χ3v) is 3.17. The van der Waals surface area contributed by atoms with Gasteiger partial charge in [0.25, 0.3) is 5.69 Å². The molecule has 20 heavy (non-hydrogen) atoms. The zero-order chi connectivity index (χ0) is 15.3. The molecule has 0 aliphatic heterocycles. The fourth-order valence-corrected chi connectivity index (χ4v) is 2.08. The SMILES string of the molecule is CC(C)OCCOc1ccc([N+](=O)[O-])cc1S(N)(=O)=O. The molecule has 0 aliphatic carbocycles. The van der Waals surface area contributed by atoms with Crippen molar-refractivity contribution in [3.8, 4) is 5.75 Å². The highest BCUT2D eigenvalue weighted by atomic mass is 32.2. The van der Waals surface area contributed by atoms with Crippen molar-refractivity contribution in [2.45, 2.75) is 24.8 Å². The molecule has 0 aromatic heterocycles. The average molecular weight is 304 g/mol. The van der Waals surface area contributed by atoms with Gasteiger partial charge >= 0.3 is 0 Å². The van der Waals surface area contributed by atoms with E-state index >= 15 is 0 Å². The van der Waals surface area contributed by atoms with Gasteiger partial charge in [0.15, 0.2) is 0 Å². The molecule has 1 aromatic carbocycles. The van der Waals surface area contributed by atoms with Gasteiger partial charge in [0, 0.05) is 12.1 Å². The highest BCUT2D eigenvalue weighted by molar-refractivity contribution is 7.89. The number of nitro benzene ring substituents is 1. The minimum absolute atomic E-state index is 0.0215. The normalized spacial score (nSPS) is 11.6. The molecule has 0 aliphatic rings. The first kappa shape index (κ1) is 16.3. The molecule has 9 heteroatoms. The number of hydrogen-bond donors (Lipinski definition) is 1. The van der Waals surface area contributed by atoms with E-state index in [9.17, 15) is 18.5 Å². The molecular formula is C11H16N2O6S. The minimum Gasteiger partial charge on any atom is -0.490 e. The molecular weight excluding hydrogens is 288 g/mol. The Balaban J connectivity index is 2.93. The number of benzene rings is 1. The van der Waals surface area contributed by atoms with Gasteiger partial charge in [-0.05, 0) is 19.9 Å². The summed E-state index contributed by atoms with van der Waals surface area (Å²) in [5, 5.41) is 15.7. The molecule has 0 bridgehead atoms. The van der Waals surface area contributed by atoms with Crippen LogP contribution in [0.5, 0.6) is 5.75 Å². The van der Waals surface area contributed by atoms with Crippen LogP contribution in [0.1, 0.15) is 13.8 Å². The standard InChI is InChI=1S/C11H16N2O6S/c1-8(2)18-5-6-19-10-4-3-9(13(14)15)7-11(10)20(12,16)17/h3-4,7-8H,5-6H2,1-2H3,(H2,12,16,17). The van der Waals surface area contributed by atoms with Gasteiger partial charge in [-0.2, -0.15) is 0 Å². The summed E-state index contributed by atoms with van der Waals surface area (Å²) in [7, 11) is -4.11. The van der Waals surface area contributed by atoms with Gasteiger partial charge in [0.05, 0.1) is 17.6 Å². The van der Waals surface area contributed by atoms with E-state index in [-0.39, 0.29) is 30.8 Å². The van der Waals surface area contributed by atoms with Crippen molar-refractivity contribution in [1.82, 2.24) is 0 Å². The number of non-ortho nitro benzene ring substituents is 1. The molecule has 0 unspecified atom stereocenters. The lowest BCUT2D eigenvalue weighted by Gasteiger charge is -2.11. The first-order valence-electron chi connectivity index (χ1n) is 5.77. The molecule has 8 nitrogen and oxygen atoms in total. The average Bonchev–Trinajstić information content (AvgIpc) is 2.33. The monoisotopic (exact) mass is 304 g/mol. The van der Waals surface area contributed by atoms with Gasteiger partial charge in [-0.3, -0.25) is 10.1 Å². The largest absolute Gasteiger partial charge is 0.490 e. The van der Waals surface area contributed by atoms with Crippen LogP contribution in [-0.4, -0.2) is 32.7 Å². The predicted octanol–water partition coefficient (Wildman–Crippen LogP) is 1.05. The molecule has 0 saturated heterocycles.